The fraction of sp³-hybridized carbons (Fsp3) is 0.583. The van der Waals surface area contributed by atoms with E-state index in [-0.39, 0.29) is 42.5 Å². The molecular weight excluding hydrogens is 468 g/mol. The zero-order valence-corrected chi connectivity index (χ0v) is 16.0. The molecule has 0 saturated carbocycles. The molecule has 2 unspecified atom stereocenters. The number of hydrogen-bond donors (Lipinski definition) is 0. The first kappa shape index (κ1) is 17.2. The lowest BCUT2D eigenvalue weighted by Crippen LogP contribution is -2.59. The monoisotopic (exact) mass is 480 g/mol. The van der Waals surface area contributed by atoms with E-state index in [2.05, 4.69) is 3.15 Å². The van der Waals surface area contributed by atoms with Crippen molar-refractivity contribution in [3.05, 3.63) is 21.7 Å². The van der Waals surface area contributed by atoms with Crippen molar-refractivity contribution in [2.45, 2.75) is 24.9 Å². The van der Waals surface area contributed by atoms with Gasteiger partial charge in [0.25, 0.3) is 0 Å². The van der Waals surface area contributed by atoms with Crippen LogP contribution >= 0.6 is 52.1 Å². The lowest BCUT2D eigenvalue weighted by Gasteiger charge is -2.50. The zero-order chi connectivity index (χ0) is 15.9. The van der Waals surface area contributed by atoms with E-state index in [0.29, 0.717) is 11.5 Å². The molecule has 3 rings (SSSR count). The molecule has 22 heavy (non-hydrogen) atoms. The molecule has 3 heterocycles. The molecule has 0 bridgehead atoms. The van der Waals surface area contributed by atoms with Crippen LogP contribution in [0.5, 0.6) is 0 Å². The second-order valence-electron chi connectivity index (χ2n) is 5.02. The second-order valence-corrected chi connectivity index (χ2v) is 11.2. The topological polar surface area (TPSA) is 32.7 Å². The lowest BCUT2D eigenvalue weighted by atomic mass is 9.97. The highest BCUT2D eigenvalue weighted by molar-refractivity contribution is 14.2. The first-order valence-electron chi connectivity index (χ1n) is 6.43. The van der Waals surface area contributed by atoms with Crippen molar-refractivity contribution in [1.29, 1.82) is 0 Å². The summed E-state index contributed by atoms with van der Waals surface area (Å²) < 4.78 is 43.9. The fourth-order valence-electron chi connectivity index (χ4n) is 2.43. The number of rotatable bonds is 4. The molecule has 0 spiro atoms. The van der Waals surface area contributed by atoms with Crippen LogP contribution in [-0.4, -0.2) is 33.9 Å². The summed E-state index contributed by atoms with van der Waals surface area (Å²) in [6.45, 7) is 1.78. The maximum Gasteiger partial charge on any atom is 0.394 e. The Hall–Kier alpha value is 0.320. The van der Waals surface area contributed by atoms with Crippen molar-refractivity contribution in [2.75, 3.05) is 11.5 Å². The predicted octanol–water partition coefficient (Wildman–Crippen LogP) is 5.09. The number of nitrogens with zero attached hydrogens (tertiary/aromatic N) is 2. The van der Waals surface area contributed by atoms with Crippen LogP contribution in [-0.2, 0) is 4.79 Å². The molecule has 0 aromatic carbocycles. The molecule has 10 heteroatoms. The fourth-order valence-corrected chi connectivity index (χ4v) is 9.27. The van der Waals surface area contributed by atoms with Crippen LogP contribution < -0.4 is 0 Å². The van der Waals surface area contributed by atoms with Gasteiger partial charge in [-0.1, -0.05) is 6.92 Å². The molecule has 0 radical (unpaired) electrons. The molecule has 3 aliphatic rings. The third-order valence-electron chi connectivity index (χ3n) is 3.50. The highest BCUT2D eigenvalue weighted by Gasteiger charge is 2.50. The highest BCUT2D eigenvalue weighted by Crippen LogP contribution is 2.49. The van der Waals surface area contributed by atoms with Crippen LogP contribution in [0.15, 0.2) is 24.9 Å². The Balaban J connectivity index is 1.79. The van der Waals surface area contributed by atoms with Gasteiger partial charge in [0.05, 0.1) is 47.8 Å². The summed E-state index contributed by atoms with van der Waals surface area (Å²) in [4.78, 5) is 13.3. The molecule has 0 aromatic heterocycles. The number of carbonyl (C=O) groups excluding carboxylic acids is 1. The number of fused-ring (bicyclic) bond motifs is 1. The van der Waals surface area contributed by atoms with Crippen molar-refractivity contribution in [3.63, 3.8) is 0 Å². The summed E-state index contributed by atoms with van der Waals surface area (Å²) >= 11 is 2.88. The first-order valence-corrected chi connectivity index (χ1v) is 12.8. The quantitative estimate of drug-likeness (QED) is 0.415. The largest absolute Gasteiger partial charge is 0.394 e. The minimum Gasteiger partial charge on any atom is -0.302 e. The van der Waals surface area contributed by atoms with Crippen molar-refractivity contribution in [1.82, 2.24) is 4.90 Å². The average molecular weight is 480 g/mol. The molecule has 1 saturated heterocycles. The molecule has 0 aliphatic carbocycles. The maximum absolute atomic E-state index is 12.9. The molecule has 3 aliphatic heterocycles. The van der Waals surface area contributed by atoms with Crippen molar-refractivity contribution in [3.8, 4) is 0 Å². The number of β-lactam (4-membered cyclic amide) rings is 1. The van der Waals surface area contributed by atoms with Gasteiger partial charge in [-0.25, -0.2) is 3.15 Å². The summed E-state index contributed by atoms with van der Waals surface area (Å²) in [6.07, 6.45) is -3.50. The minimum atomic E-state index is -4.29. The Morgan fingerprint density at radius 2 is 2.32 bits per heavy atom. The van der Waals surface area contributed by atoms with Crippen LogP contribution in [0.3, 0.4) is 0 Å². The van der Waals surface area contributed by atoms with E-state index in [4.69, 9.17) is 0 Å². The molecule has 122 valence electrons. The highest BCUT2D eigenvalue weighted by atomic mass is 127. The van der Waals surface area contributed by atoms with Crippen molar-refractivity contribution < 1.29 is 18.0 Å². The summed E-state index contributed by atoms with van der Waals surface area (Å²) in [5, 5.41) is -0.125. The van der Waals surface area contributed by atoms with Crippen LogP contribution in [0.4, 0.5) is 13.2 Å². The van der Waals surface area contributed by atoms with E-state index in [0.717, 1.165) is 9.81 Å². The normalized spacial score (nSPS) is 28.3. The van der Waals surface area contributed by atoms with E-state index in [1.807, 2.05) is 6.20 Å². The summed E-state index contributed by atoms with van der Waals surface area (Å²) in [6, 6.07) is 0. The first-order chi connectivity index (χ1) is 10.4. The smallest absolute Gasteiger partial charge is 0.302 e. The SMILES string of the molecule is CC1C(=O)N2C(CC(F)(F)F)=C(CSC3=CN=IS3)CSC12. The minimum absolute atomic E-state index is 0.125. The van der Waals surface area contributed by atoms with Crippen molar-refractivity contribution in [2.24, 2.45) is 9.06 Å². The van der Waals surface area contributed by atoms with Crippen LogP contribution in [0.2, 0.25) is 0 Å². The molecule has 0 N–H and O–H groups in total. The molecule has 2 atom stereocenters. The van der Waals surface area contributed by atoms with Gasteiger partial charge in [0, 0.05) is 17.2 Å². The van der Waals surface area contributed by atoms with Gasteiger partial charge >= 0.3 is 6.18 Å². The van der Waals surface area contributed by atoms with E-state index in [1.54, 1.807) is 27.6 Å². The number of hydrogen-bond acceptors (Lipinski definition) is 5. The van der Waals surface area contributed by atoms with Gasteiger partial charge in [-0.15, -0.1) is 23.5 Å². The standard InChI is InChI=1S/C12H12F3IN2OS3/c1-6-10(19)18-8(2-12(13,14)15)7(5-21-11(6)18)4-20-9-3-17-16-22-9/h3,6,11H,2,4-5H2,1H3. The molecule has 1 amide bonds. The maximum atomic E-state index is 12.9. The van der Waals surface area contributed by atoms with Crippen molar-refractivity contribution >= 4 is 58.0 Å². The van der Waals surface area contributed by atoms with Gasteiger partial charge < -0.3 is 4.90 Å². The Morgan fingerprint density at radius 3 is 2.95 bits per heavy atom. The zero-order valence-electron chi connectivity index (χ0n) is 11.4. The number of carbonyl (C=O) groups is 1. The Bertz CT molecular complexity index is 591. The molecule has 3 nitrogen and oxygen atoms in total. The van der Waals surface area contributed by atoms with E-state index >= 15 is 0 Å². The average Bonchev–Trinajstić information content (AvgIpc) is 2.96. The predicted molar refractivity (Wildman–Crippen MR) is 94.5 cm³/mol. The number of allylic oxidation sites excluding steroid dienone is 1. The van der Waals surface area contributed by atoms with E-state index in [1.165, 1.54) is 16.7 Å². The van der Waals surface area contributed by atoms with Crippen LogP contribution in [0.1, 0.15) is 13.3 Å². The molecular formula is C12H12F3IN2OS3. The van der Waals surface area contributed by atoms with Gasteiger partial charge in [-0.3, -0.25) is 4.79 Å². The number of alkyl halides is 3. The summed E-state index contributed by atoms with van der Waals surface area (Å²) in [7, 11) is 1.70. The number of thioether (sulfide) groups is 2. The second kappa shape index (κ2) is 6.67. The van der Waals surface area contributed by atoms with Gasteiger partial charge in [0.2, 0.25) is 5.91 Å². The summed E-state index contributed by atoms with van der Waals surface area (Å²) in [5.41, 5.74) is 0.914. The number of amides is 1. The van der Waals surface area contributed by atoms with Gasteiger partial charge in [-0.2, -0.15) is 13.2 Å². The van der Waals surface area contributed by atoms with Gasteiger partial charge in [-0.05, 0) is 14.5 Å². The number of halogens is 4. The van der Waals surface area contributed by atoms with E-state index in [9.17, 15) is 18.0 Å². The molecule has 1 fully saturated rings. The Morgan fingerprint density at radius 1 is 1.55 bits per heavy atom. The summed E-state index contributed by atoms with van der Waals surface area (Å²) in [5.74, 6) is 0.705. The lowest BCUT2D eigenvalue weighted by molar-refractivity contribution is -0.152. The van der Waals surface area contributed by atoms with Gasteiger partial charge in [0.15, 0.2) is 0 Å². The van der Waals surface area contributed by atoms with Crippen LogP contribution in [0, 0.1) is 5.92 Å². The Kier molecular flexibility index (Phi) is 5.20. The van der Waals surface area contributed by atoms with Gasteiger partial charge in [0.1, 0.15) is 0 Å². The van der Waals surface area contributed by atoms with Crippen LogP contribution in [0.25, 0.3) is 0 Å². The Labute approximate surface area is 147 Å². The van der Waals surface area contributed by atoms with E-state index < -0.39 is 12.6 Å². The molecule has 0 aromatic rings. The third-order valence-corrected chi connectivity index (χ3v) is 10.7. The third kappa shape index (κ3) is 3.54.